The summed E-state index contributed by atoms with van der Waals surface area (Å²) in [5, 5.41) is 0.450. The molecule has 3 nitrogen and oxygen atoms in total. The van der Waals surface area contributed by atoms with Gasteiger partial charge in [0.1, 0.15) is 0 Å². The molecule has 0 bridgehead atoms. The Morgan fingerprint density at radius 1 is 1.41 bits per heavy atom. The summed E-state index contributed by atoms with van der Waals surface area (Å²) in [6.45, 7) is -1.52. The van der Waals surface area contributed by atoms with E-state index in [2.05, 4.69) is 4.84 Å². The highest BCUT2D eigenvalue weighted by Crippen LogP contribution is 2.14. The van der Waals surface area contributed by atoms with Crippen LogP contribution in [-0.2, 0) is 16.1 Å². The van der Waals surface area contributed by atoms with Crippen LogP contribution in [0.1, 0.15) is 5.56 Å². The molecule has 0 heterocycles. The molecule has 0 spiro atoms. The number of alkyl halides is 3. The number of nitrogens with one attached hydrogen (secondary N) is 1. The van der Waals surface area contributed by atoms with Gasteiger partial charge in [0.25, 0.3) is 0 Å². The number of hydrogen-bond acceptors (Lipinski definition) is 2. The van der Waals surface area contributed by atoms with Crippen LogP contribution in [0.5, 0.6) is 0 Å². The third-order valence-electron chi connectivity index (χ3n) is 1.68. The molecule has 0 aromatic heterocycles. The average molecular weight is 268 g/mol. The Kier molecular flexibility index (Phi) is 4.77. The van der Waals surface area contributed by atoms with Gasteiger partial charge in [-0.1, -0.05) is 23.7 Å². The van der Waals surface area contributed by atoms with Crippen molar-refractivity contribution >= 4 is 17.5 Å². The Labute approximate surface area is 100 Å². The maximum Gasteiger partial charge on any atom is 0.414 e. The van der Waals surface area contributed by atoms with Crippen molar-refractivity contribution in [3.05, 3.63) is 34.9 Å². The highest BCUT2D eigenvalue weighted by molar-refractivity contribution is 6.30. The predicted octanol–water partition coefficient (Wildman–Crippen LogP) is 2.49. The first-order chi connectivity index (χ1) is 7.87. The van der Waals surface area contributed by atoms with Crippen molar-refractivity contribution < 1.29 is 22.8 Å². The molecule has 1 amide bonds. The SMILES string of the molecule is O=C(Cc1cccc(Cl)c1)NOCC(F)(F)F. The molecule has 0 saturated heterocycles. The Morgan fingerprint density at radius 2 is 2.12 bits per heavy atom. The van der Waals surface area contributed by atoms with E-state index in [1.807, 2.05) is 0 Å². The van der Waals surface area contributed by atoms with Gasteiger partial charge in [-0.15, -0.1) is 0 Å². The van der Waals surface area contributed by atoms with Crippen LogP contribution in [0.4, 0.5) is 13.2 Å². The first-order valence-electron chi connectivity index (χ1n) is 4.58. The Morgan fingerprint density at radius 3 is 2.71 bits per heavy atom. The smallest absolute Gasteiger partial charge is 0.272 e. The summed E-state index contributed by atoms with van der Waals surface area (Å²) < 4.78 is 35.1. The molecule has 0 aliphatic carbocycles. The fraction of sp³-hybridized carbons (Fsp3) is 0.300. The number of amides is 1. The summed E-state index contributed by atoms with van der Waals surface area (Å²) in [5.41, 5.74) is 2.29. The van der Waals surface area contributed by atoms with Crippen LogP contribution < -0.4 is 5.48 Å². The summed E-state index contributed by atoms with van der Waals surface area (Å²) in [5.74, 6) is -0.670. The molecular formula is C10H9ClF3NO2. The number of benzene rings is 1. The second-order valence-corrected chi connectivity index (χ2v) is 3.67. The van der Waals surface area contributed by atoms with Crippen molar-refractivity contribution in [1.82, 2.24) is 5.48 Å². The van der Waals surface area contributed by atoms with Crippen molar-refractivity contribution in [2.24, 2.45) is 0 Å². The molecule has 0 atom stereocenters. The van der Waals surface area contributed by atoms with Crippen LogP contribution in [0, 0.1) is 0 Å². The Hall–Kier alpha value is -1.27. The minimum Gasteiger partial charge on any atom is -0.272 e. The monoisotopic (exact) mass is 267 g/mol. The van der Waals surface area contributed by atoms with E-state index in [1.165, 1.54) is 0 Å². The Balaban J connectivity index is 2.35. The van der Waals surface area contributed by atoms with E-state index in [0.717, 1.165) is 0 Å². The predicted molar refractivity (Wildman–Crippen MR) is 55.3 cm³/mol. The van der Waals surface area contributed by atoms with Gasteiger partial charge in [0.2, 0.25) is 5.91 Å². The van der Waals surface area contributed by atoms with Crippen LogP contribution in [-0.4, -0.2) is 18.7 Å². The topological polar surface area (TPSA) is 38.3 Å². The average Bonchev–Trinajstić information content (AvgIpc) is 2.15. The number of halogens is 4. The maximum atomic E-state index is 11.7. The lowest BCUT2D eigenvalue weighted by Crippen LogP contribution is -2.30. The van der Waals surface area contributed by atoms with Crippen molar-refractivity contribution in [1.29, 1.82) is 0 Å². The maximum absolute atomic E-state index is 11.7. The van der Waals surface area contributed by atoms with Crippen LogP contribution in [0.25, 0.3) is 0 Å². The molecule has 0 fully saturated rings. The highest BCUT2D eigenvalue weighted by atomic mass is 35.5. The lowest BCUT2D eigenvalue weighted by Gasteiger charge is -2.08. The summed E-state index contributed by atoms with van der Waals surface area (Å²) in [7, 11) is 0. The van der Waals surface area contributed by atoms with Gasteiger partial charge in [0, 0.05) is 5.02 Å². The van der Waals surface area contributed by atoms with Gasteiger partial charge in [-0.05, 0) is 17.7 Å². The van der Waals surface area contributed by atoms with Crippen molar-refractivity contribution in [2.75, 3.05) is 6.61 Å². The van der Waals surface area contributed by atoms with Gasteiger partial charge < -0.3 is 0 Å². The third-order valence-corrected chi connectivity index (χ3v) is 1.91. The van der Waals surface area contributed by atoms with Gasteiger partial charge in [0.15, 0.2) is 6.61 Å². The first kappa shape index (κ1) is 13.8. The first-order valence-corrected chi connectivity index (χ1v) is 4.96. The summed E-state index contributed by atoms with van der Waals surface area (Å²) in [6.07, 6.45) is -4.57. The van der Waals surface area contributed by atoms with Gasteiger partial charge >= 0.3 is 6.18 Å². The molecule has 0 aliphatic rings. The zero-order valence-electron chi connectivity index (χ0n) is 8.55. The van der Waals surface area contributed by atoms with E-state index in [1.54, 1.807) is 29.7 Å². The molecule has 0 saturated carbocycles. The van der Waals surface area contributed by atoms with Crippen LogP contribution in [0.2, 0.25) is 5.02 Å². The van der Waals surface area contributed by atoms with E-state index >= 15 is 0 Å². The number of hydroxylamine groups is 1. The van der Waals surface area contributed by atoms with Crippen LogP contribution in [0.3, 0.4) is 0 Å². The fourth-order valence-electron chi connectivity index (χ4n) is 1.07. The van der Waals surface area contributed by atoms with Crippen LogP contribution in [0.15, 0.2) is 24.3 Å². The molecule has 0 aliphatic heterocycles. The minimum absolute atomic E-state index is 0.0988. The lowest BCUT2D eigenvalue weighted by molar-refractivity contribution is -0.191. The van der Waals surface area contributed by atoms with Gasteiger partial charge in [-0.25, -0.2) is 5.48 Å². The van der Waals surface area contributed by atoms with E-state index < -0.39 is 18.7 Å². The summed E-state index contributed by atoms with van der Waals surface area (Å²) in [6, 6.07) is 6.45. The third kappa shape index (κ3) is 6.13. The van der Waals surface area contributed by atoms with Crippen LogP contribution >= 0.6 is 11.6 Å². The molecular weight excluding hydrogens is 259 g/mol. The van der Waals surface area contributed by atoms with Gasteiger partial charge in [-0.3, -0.25) is 9.63 Å². The fourth-order valence-corrected chi connectivity index (χ4v) is 1.28. The molecule has 1 aromatic carbocycles. The lowest BCUT2D eigenvalue weighted by atomic mass is 10.1. The molecule has 1 aromatic rings. The van der Waals surface area contributed by atoms with Crippen molar-refractivity contribution in [3.63, 3.8) is 0 Å². The second-order valence-electron chi connectivity index (χ2n) is 3.24. The van der Waals surface area contributed by atoms with E-state index in [-0.39, 0.29) is 6.42 Å². The highest BCUT2D eigenvalue weighted by Gasteiger charge is 2.28. The van der Waals surface area contributed by atoms with Gasteiger partial charge in [-0.2, -0.15) is 13.2 Å². The second kappa shape index (κ2) is 5.88. The van der Waals surface area contributed by atoms with Crippen molar-refractivity contribution in [3.8, 4) is 0 Å². The largest absolute Gasteiger partial charge is 0.414 e. The zero-order chi connectivity index (χ0) is 12.9. The molecule has 1 rings (SSSR count). The number of rotatable bonds is 4. The Bertz CT molecular complexity index is 395. The summed E-state index contributed by atoms with van der Waals surface area (Å²) >= 11 is 5.68. The standard InChI is InChI=1S/C10H9ClF3NO2/c11-8-3-1-2-7(4-8)5-9(16)15-17-6-10(12,13)14/h1-4H,5-6H2,(H,15,16). The number of carbonyl (C=O) groups is 1. The normalized spacial score (nSPS) is 11.3. The summed E-state index contributed by atoms with van der Waals surface area (Å²) in [4.78, 5) is 15.2. The molecule has 0 unspecified atom stereocenters. The van der Waals surface area contributed by atoms with Crippen molar-refractivity contribution in [2.45, 2.75) is 12.6 Å². The van der Waals surface area contributed by atoms with Gasteiger partial charge in [0.05, 0.1) is 6.42 Å². The van der Waals surface area contributed by atoms with E-state index in [0.29, 0.717) is 10.6 Å². The van der Waals surface area contributed by atoms with E-state index in [9.17, 15) is 18.0 Å². The quantitative estimate of drug-likeness (QED) is 0.851. The molecule has 0 radical (unpaired) electrons. The molecule has 94 valence electrons. The molecule has 7 heteroatoms. The number of carbonyl (C=O) groups excluding carboxylic acids is 1. The molecule has 1 N–H and O–H groups in total. The van der Waals surface area contributed by atoms with E-state index in [4.69, 9.17) is 11.6 Å². The number of hydrogen-bond donors (Lipinski definition) is 1. The minimum atomic E-state index is -4.47. The molecule has 17 heavy (non-hydrogen) atoms. The zero-order valence-corrected chi connectivity index (χ0v) is 9.31.